The average molecular weight is 484 g/mol. The number of nitrogens with zero attached hydrogens (tertiary/aromatic N) is 2. The van der Waals surface area contributed by atoms with Gasteiger partial charge >= 0.3 is 6.09 Å². The quantitative estimate of drug-likeness (QED) is 0.360. The van der Waals surface area contributed by atoms with Gasteiger partial charge in [-0.25, -0.2) is 18.0 Å². The van der Waals surface area contributed by atoms with E-state index < -0.39 is 59.5 Å². The Labute approximate surface area is 191 Å². The Morgan fingerprint density at radius 1 is 0.971 bits per heavy atom. The largest absolute Gasteiger partial charge is 0.477 e. The van der Waals surface area contributed by atoms with E-state index in [1.54, 1.807) is 4.90 Å². The lowest BCUT2D eigenvalue weighted by Gasteiger charge is -2.37. The van der Waals surface area contributed by atoms with Gasteiger partial charge in [0, 0.05) is 19.1 Å². The van der Waals surface area contributed by atoms with Crippen molar-refractivity contribution >= 4 is 12.0 Å². The van der Waals surface area contributed by atoms with Crippen LogP contribution in [0.2, 0.25) is 0 Å². The first kappa shape index (κ1) is 23.8. The molecule has 2 aromatic carbocycles. The monoisotopic (exact) mass is 484 g/mol. The number of likely N-dealkylation sites (tertiary alicyclic amines) is 1. The maximum atomic E-state index is 13.7. The topological polar surface area (TPSA) is 59.1 Å². The molecule has 2 atom stereocenters. The summed E-state index contributed by atoms with van der Waals surface area (Å²) in [6, 6.07) is 8.93. The normalized spacial score (nSPS) is 21.1. The molecule has 2 aromatic rings. The van der Waals surface area contributed by atoms with Crippen LogP contribution in [0.1, 0.15) is 31.4 Å². The van der Waals surface area contributed by atoms with Crippen molar-refractivity contribution in [2.24, 2.45) is 0 Å². The Bertz CT molecular complexity index is 1060. The number of halogens is 5. The highest BCUT2D eigenvalue weighted by molar-refractivity contribution is 5.78. The number of amides is 2. The van der Waals surface area contributed by atoms with Gasteiger partial charge in [-0.15, -0.1) is 0 Å². The summed E-state index contributed by atoms with van der Waals surface area (Å²) in [6.45, 7) is 1.42. The first-order valence-corrected chi connectivity index (χ1v) is 10.7. The molecule has 0 radical (unpaired) electrons. The lowest BCUT2D eigenvalue weighted by molar-refractivity contribution is -0.134. The number of piperidine rings is 1. The van der Waals surface area contributed by atoms with Crippen LogP contribution in [0.15, 0.2) is 30.3 Å². The van der Waals surface area contributed by atoms with Crippen LogP contribution in [-0.4, -0.2) is 53.6 Å². The van der Waals surface area contributed by atoms with E-state index in [9.17, 15) is 31.5 Å². The van der Waals surface area contributed by atoms with Gasteiger partial charge < -0.3 is 14.4 Å². The predicted octanol–water partition coefficient (Wildman–Crippen LogP) is 4.33. The number of ether oxygens (including phenoxy) is 2. The van der Waals surface area contributed by atoms with Crippen LogP contribution in [0.5, 0.6) is 5.75 Å². The Hall–Kier alpha value is -3.37. The minimum Gasteiger partial charge on any atom is -0.477 e. The molecule has 0 aromatic heterocycles. The molecule has 2 aliphatic heterocycles. The molecule has 11 heteroatoms. The molecule has 2 amide bonds. The Morgan fingerprint density at radius 2 is 1.53 bits per heavy atom. The Balaban J connectivity index is 1.35. The molecule has 6 nitrogen and oxygen atoms in total. The molecule has 2 saturated heterocycles. The zero-order valence-corrected chi connectivity index (χ0v) is 18.1. The van der Waals surface area contributed by atoms with Crippen LogP contribution < -0.4 is 4.74 Å². The second-order valence-electron chi connectivity index (χ2n) is 8.16. The zero-order chi connectivity index (χ0) is 24.6. The number of carbonyl (C=O) groups excluding carboxylic acids is 2. The van der Waals surface area contributed by atoms with Crippen molar-refractivity contribution < 1.29 is 41.0 Å². The molecule has 0 spiro atoms. The molecule has 2 heterocycles. The molecule has 2 fully saturated rings. The summed E-state index contributed by atoms with van der Waals surface area (Å²) >= 11 is 0. The zero-order valence-electron chi connectivity index (χ0n) is 18.1. The average Bonchev–Trinajstić information content (AvgIpc) is 3.15. The number of benzene rings is 2. The van der Waals surface area contributed by atoms with Gasteiger partial charge in [-0.3, -0.25) is 9.69 Å². The van der Waals surface area contributed by atoms with Gasteiger partial charge in [-0.1, -0.05) is 30.3 Å². The third kappa shape index (κ3) is 4.26. The van der Waals surface area contributed by atoms with Gasteiger partial charge in [0.1, 0.15) is 6.10 Å². The first-order valence-electron chi connectivity index (χ1n) is 10.7. The first-order chi connectivity index (χ1) is 16.2. The van der Waals surface area contributed by atoms with E-state index in [1.165, 1.54) is 4.90 Å². The van der Waals surface area contributed by atoms with E-state index in [2.05, 4.69) is 4.74 Å². The molecule has 0 aliphatic carbocycles. The molecule has 34 heavy (non-hydrogen) atoms. The van der Waals surface area contributed by atoms with Gasteiger partial charge in [-0.2, -0.15) is 8.78 Å². The highest BCUT2D eigenvalue weighted by atomic mass is 19.2. The fraction of sp³-hybridized carbons (Fsp3) is 0.391. The van der Waals surface area contributed by atoms with Crippen LogP contribution in [-0.2, 0) is 9.53 Å². The highest BCUT2D eigenvalue weighted by Crippen LogP contribution is 2.36. The Kier molecular flexibility index (Phi) is 6.63. The van der Waals surface area contributed by atoms with E-state index in [4.69, 9.17) is 4.74 Å². The summed E-state index contributed by atoms with van der Waals surface area (Å²) in [6.07, 6.45) is -0.00594. The molecule has 0 saturated carbocycles. The molecule has 182 valence electrons. The second kappa shape index (κ2) is 9.47. The summed E-state index contributed by atoms with van der Waals surface area (Å²) in [7, 11) is 0. The number of cyclic esters (lactones) is 1. The van der Waals surface area contributed by atoms with Crippen molar-refractivity contribution in [3.63, 3.8) is 0 Å². The number of hydrogen-bond donors (Lipinski definition) is 0. The van der Waals surface area contributed by atoms with Crippen molar-refractivity contribution in [3.8, 4) is 5.75 Å². The van der Waals surface area contributed by atoms with Gasteiger partial charge in [0.05, 0.1) is 6.04 Å². The van der Waals surface area contributed by atoms with Crippen molar-refractivity contribution in [2.75, 3.05) is 19.7 Å². The lowest BCUT2D eigenvalue weighted by atomic mass is 9.98. The van der Waals surface area contributed by atoms with Crippen molar-refractivity contribution in [3.05, 3.63) is 65.0 Å². The van der Waals surface area contributed by atoms with Crippen molar-refractivity contribution in [1.29, 1.82) is 0 Å². The van der Waals surface area contributed by atoms with Gasteiger partial charge in [0.2, 0.25) is 29.1 Å². The third-order valence-electron chi connectivity index (χ3n) is 6.16. The maximum Gasteiger partial charge on any atom is 0.411 e. The summed E-state index contributed by atoms with van der Waals surface area (Å²) < 4.78 is 77.4. The van der Waals surface area contributed by atoms with Gasteiger partial charge in [-0.05, 0) is 25.3 Å². The number of rotatable bonds is 5. The summed E-state index contributed by atoms with van der Waals surface area (Å²) in [4.78, 5) is 28.0. The van der Waals surface area contributed by atoms with Crippen LogP contribution >= 0.6 is 0 Å². The third-order valence-corrected chi connectivity index (χ3v) is 6.16. The maximum absolute atomic E-state index is 13.7. The summed E-state index contributed by atoms with van der Waals surface area (Å²) in [5.74, 6) is -13.1. The van der Waals surface area contributed by atoms with E-state index in [0.29, 0.717) is 12.8 Å². The number of hydrogen-bond acceptors (Lipinski definition) is 4. The molecule has 2 unspecified atom stereocenters. The molecule has 0 bridgehead atoms. The van der Waals surface area contributed by atoms with E-state index >= 15 is 0 Å². The molecular weight excluding hydrogens is 463 g/mol. The van der Waals surface area contributed by atoms with Crippen LogP contribution in [0.4, 0.5) is 26.7 Å². The van der Waals surface area contributed by atoms with E-state index in [-0.39, 0.29) is 25.2 Å². The molecular formula is C23H21F5N2O4. The molecule has 0 N–H and O–H groups in total. The van der Waals surface area contributed by atoms with Gasteiger partial charge in [0.25, 0.3) is 5.91 Å². The number of carbonyl (C=O) groups is 2. The second-order valence-corrected chi connectivity index (χ2v) is 8.16. The van der Waals surface area contributed by atoms with E-state index in [0.717, 1.165) is 5.56 Å². The van der Waals surface area contributed by atoms with E-state index in [1.807, 2.05) is 37.3 Å². The van der Waals surface area contributed by atoms with Crippen molar-refractivity contribution in [2.45, 2.75) is 38.0 Å². The SMILES string of the molecule is CC1C(c2ccccc2)OC(=O)N1C1CCN(C(=O)COc2c(F)c(F)c(F)c(F)c2F)CC1. The van der Waals surface area contributed by atoms with Crippen LogP contribution in [0.25, 0.3) is 0 Å². The minimum atomic E-state index is -2.31. The van der Waals surface area contributed by atoms with Gasteiger partial charge in [0.15, 0.2) is 12.4 Å². The summed E-state index contributed by atoms with van der Waals surface area (Å²) in [5.41, 5.74) is 0.878. The van der Waals surface area contributed by atoms with Crippen LogP contribution in [0.3, 0.4) is 0 Å². The molecule has 2 aliphatic rings. The smallest absolute Gasteiger partial charge is 0.411 e. The highest BCUT2D eigenvalue weighted by Gasteiger charge is 2.44. The Morgan fingerprint density at radius 3 is 2.12 bits per heavy atom. The molecule has 4 rings (SSSR count). The summed E-state index contributed by atoms with van der Waals surface area (Å²) in [5, 5.41) is 0. The predicted molar refractivity (Wildman–Crippen MR) is 108 cm³/mol. The minimum absolute atomic E-state index is 0.184. The fourth-order valence-electron chi connectivity index (χ4n) is 4.38. The lowest BCUT2D eigenvalue weighted by Crippen LogP contribution is -2.50. The standard InChI is InChI=1S/C23H21F5N2O4/c1-12-21(13-5-3-2-4-6-13)34-23(32)30(12)14-7-9-29(10-8-14)15(31)11-33-22-19(27)17(25)16(24)18(26)20(22)28/h2-6,12,14,21H,7-11H2,1H3. The van der Waals surface area contributed by atoms with Crippen LogP contribution in [0, 0.1) is 29.1 Å². The van der Waals surface area contributed by atoms with Crippen molar-refractivity contribution in [1.82, 2.24) is 9.80 Å². The fourth-order valence-corrected chi connectivity index (χ4v) is 4.38.